The van der Waals surface area contributed by atoms with Gasteiger partial charge in [-0.2, -0.15) is 0 Å². The molecule has 2 N–H and O–H groups in total. The third kappa shape index (κ3) is 3.51. The fourth-order valence-electron chi connectivity index (χ4n) is 1.70. The van der Waals surface area contributed by atoms with Crippen LogP contribution in [-0.4, -0.2) is 49.9 Å². The normalized spacial score (nSPS) is 19.3. The number of carbonyl (C=O) groups excluding carboxylic acids is 2. The van der Waals surface area contributed by atoms with Gasteiger partial charge in [0.2, 0.25) is 11.8 Å². The summed E-state index contributed by atoms with van der Waals surface area (Å²) in [6.07, 6.45) is 0.837. The van der Waals surface area contributed by atoms with E-state index in [4.69, 9.17) is 0 Å². The van der Waals surface area contributed by atoms with Gasteiger partial charge in [0.05, 0.1) is 6.54 Å². The van der Waals surface area contributed by atoms with E-state index in [1.807, 2.05) is 14.0 Å². The van der Waals surface area contributed by atoms with Crippen molar-refractivity contribution in [2.24, 2.45) is 5.92 Å². The molecule has 0 saturated carbocycles. The van der Waals surface area contributed by atoms with Crippen LogP contribution in [0.4, 0.5) is 0 Å². The number of hydrogen-bond acceptors (Lipinski definition) is 3. The number of nitrogens with one attached hydrogen (secondary N) is 2. The lowest BCUT2D eigenvalue weighted by Crippen LogP contribution is -2.42. The van der Waals surface area contributed by atoms with Crippen molar-refractivity contribution in [2.75, 3.05) is 33.2 Å². The SMILES string of the molecule is CNCC(C)C(=O)N1CCCNC(=O)C1. The molecule has 5 heteroatoms. The Morgan fingerprint density at radius 2 is 2.40 bits per heavy atom. The van der Waals surface area contributed by atoms with E-state index in [9.17, 15) is 9.59 Å². The first kappa shape index (κ1) is 12.0. The quantitative estimate of drug-likeness (QED) is 0.644. The lowest BCUT2D eigenvalue weighted by atomic mass is 10.1. The lowest BCUT2D eigenvalue weighted by Gasteiger charge is -2.22. The van der Waals surface area contributed by atoms with Crippen LogP contribution in [0.5, 0.6) is 0 Å². The molecule has 0 spiro atoms. The van der Waals surface area contributed by atoms with Gasteiger partial charge in [-0.25, -0.2) is 0 Å². The summed E-state index contributed by atoms with van der Waals surface area (Å²) in [4.78, 5) is 24.8. The Morgan fingerprint density at radius 1 is 1.67 bits per heavy atom. The highest BCUT2D eigenvalue weighted by molar-refractivity contribution is 5.86. The number of rotatable bonds is 3. The van der Waals surface area contributed by atoms with Crippen molar-refractivity contribution in [3.05, 3.63) is 0 Å². The maximum Gasteiger partial charge on any atom is 0.239 e. The van der Waals surface area contributed by atoms with Crippen molar-refractivity contribution >= 4 is 11.8 Å². The summed E-state index contributed by atoms with van der Waals surface area (Å²) in [7, 11) is 1.82. The standard InChI is InChI=1S/C10H19N3O2/c1-8(6-11-2)10(15)13-5-3-4-12-9(14)7-13/h8,11H,3-7H2,1-2H3,(H,12,14). The maximum atomic E-state index is 11.9. The third-order valence-electron chi connectivity index (χ3n) is 2.50. The van der Waals surface area contributed by atoms with E-state index in [1.165, 1.54) is 0 Å². The topological polar surface area (TPSA) is 61.4 Å². The zero-order valence-corrected chi connectivity index (χ0v) is 9.38. The molecule has 1 saturated heterocycles. The van der Waals surface area contributed by atoms with Crippen LogP contribution in [0, 0.1) is 5.92 Å². The van der Waals surface area contributed by atoms with Crippen molar-refractivity contribution in [1.82, 2.24) is 15.5 Å². The minimum absolute atomic E-state index is 0.0569. The predicted octanol–water partition coefficient (Wildman–Crippen LogP) is -0.810. The third-order valence-corrected chi connectivity index (χ3v) is 2.50. The van der Waals surface area contributed by atoms with Crippen LogP contribution in [-0.2, 0) is 9.59 Å². The van der Waals surface area contributed by atoms with Gasteiger partial charge in [0.1, 0.15) is 0 Å². The summed E-state index contributed by atoms with van der Waals surface area (Å²) in [6, 6.07) is 0. The average molecular weight is 213 g/mol. The molecule has 86 valence electrons. The van der Waals surface area contributed by atoms with Gasteiger partial charge in [-0.15, -0.1) is 0 Å². The Morgan fingerprint density at radius 3 is 3.07 bits per heavy atom. The monoisotopic (exact) mass is 213 g/mol. The van der Waals surface area contributed by atoms with E-state index in [2.05, 4.69) is 10.6 Å². The molecule has 0 aromatic rings. The molecule has 1 atom stereocenters. The molecule has 1 unspecified atom stereocenters. The molecular weight excluding hydrogens is 194 g/mol. The van der Waals surface area contributed by atoms with Crippen molar-refractivity contribution in [2.45, 2.75) is 13.3 Å². The number of carbonyl (C=O) groups is 2. The van der Waals surface area contributed by atoms with Crippen LogP contribution < -0.4 is 10.6 Å². The Labute approximate surface area is 90.2 Å². The second kappa shape index (κ2) is 5.70. The summed E-state index contributed by atoms with van der Waals surface area (Å²) in [6.45, 7) is 4.07. The molecule has 1 heterocycles. The number of nitrogens with zero attached hydrogens (tertiary/aromatic N) is 1. The molecule has 0 bridgehead atoms. The molecule has 1 rings (SSSR count). The highest BCUT2D eigenvalue weighted by Gasteiger charge is 2.23. The first-order valence-corrected chi connectivity index (χ1v) is 5.35. The maximum absolute atomic E-state index is 11.9. The van der Waals surface area contributed by atoms with E-state index >= 15 is 0 Å². The highest BCUT2D eigenvalue weighted by atomic mass is 16.2. The largest absolute Gasteiger partial charge is 0.354 e. The van der Waals surface area contributed by atoms with Crippen LogP contribution in [0.3, 0.4) is 0 Å². The minimum atomic E-state index is -0.0686. The summed E-state index contributed by atoms with van der Waals surface area (Å²) in [5, 5.41) is 5.72. The second-order valence-corrected chi connectivity index (χ2v) is 3.92. The van der Waals surface area contributed by atoms with Crippen molar-refractivity contribution in [1.29, 1.82) is 0 Å². The van der Waals surface area contributed by atoms with Gasteiger partial charge in [-0.05, 0) is 13.5 Å². The highest BCUT2D eigenvalue weighted by Crippen LogP contribution is 2.04. The Hall–Kier alpha value is -1.10. The van der Waals surface area contributed by atoms with Crippen molar-refractivity contribution in [3.63, 3.8) is 0 Å². The van der Waals surface area contributed by atoms with E-state index in [1.54, 1.807) is 4.90 Å². The van der Waals surface area contributed by atoms with E-state index in [0.29, 0.717) is 19.6 Å². The van der Waals surface area contributed by atoms with Crippen LogP contribution in [0.25, 0.3) is 0 Å². The van der Waals surface area contributed by atoms with Gasteiger partial charge in [0, 0.05) is 25.6 Å². The summed E-state index contributed by atoms with van der Waals surface area (Å²) in [5.74, 6) is -0.0696. The van der Waals surface area contributed by atoms with Gasteiger partial charge >= 0.3 is 0 Å². The van der Waals surface area contributed by atoms with E-state index in [0.717, 1.165) is 6.42 Å². The molecular formula is C10H19N3O2. The fraction of sp³-hybridized carbons (Fsp3) is 0.800. The zero-order chi connectivity index (χ0) is 11.3. The van der Waals surface area contributed by atoms with Gasteiger partial charge in [0.25, 0.3) is 0 Å². The predicted molar refractivity (Wildman–Crippen MR) is 57.3 cm³/mol. The molecule has 2 amide bonds. The van der Waals surface area contributed by atoms with Crippen LogP contribution >= 0.6 is 0 Å². The summed E-state index contributed by atoms with van der Waals surface area (Å²) < 4.78 is 0. The van der Waals surface area contributed by atoms with E-state index < -0.39 is 0 Å². The molecule has 0 aliphatic carbocycles. The lowest BCUT2D eigenvalue weighted by molar-refractivity contribution is -0.138. The van der Waals surface area contributed by atoms with Crippen LogP contribution in [0.1, 0.15) is 13.3 Å². The first-order chi connectivity index (χ1) is 7.15. The molecule has 5 nitrogen and oxygen atoms in total. The fourth-order valence-corrected chi connectivity index (χ4v) is 1.70. The van der Waals surface area contributed by atoms with Crippen molar-refractivity contribution in [3.8, 4) is 0 Å². The van der Waals surface area contributed by atoms with Gasteiger partial charge < -0.3 is 15.5 Å². The van der Waals surface area contributed by atoms with Crippen LogP contribution in [0.2, 0.25) is 0 Å². The average Bonchev–Trinajstić information content (AvgIpc) is 2.42. The van der Waals surface area contributed by atoms with Gasteiger partial charge in [0.15, 0.2) is 0 Å². The van der Waals surface area contributed by atoms with Gasteiger partial charge in [-0.1, -0.05) is 6.92 Å². The number of amides is 2. The summed E-state index contributed by atoms with van der Waals surface area (Å²) >= 11 is 0. The minimum Gasteiger partial charge on any atom is -0.354 e. The molecule has 1 fully saturated rings. The van der Waals surface area contributed by atoms with Crippen LogP contribution in [0.15, 0.2) is 0 Å². The van der Waals surface area contributed by atoms with Crippen molar-refractivity contribution < 1.29 is 9.59 Å². The number of hydrogen-bond donors (Lipinski definition) is 2. The molecule has 1 aliphatic heterocycles. The Kier molecular flexibility index (Phi) is 4.55. The molecule has 0 radical (unpaired) electrons. The smallest absolute Gasteiger partial charge is 0.239 e. The molecule has 1 aliphatic rings. The summed E-state index contributed by atoms with van der Waals surface area (Å²) in [5.41, 5.74) is 0. The van der Waals surface area contributed by atoms with Gasteiger partial charge in [-0.3, -0.25) is 9.59 Å². The first-order valence-electron chi connectivity index (χ1n) is 5.35. The molecule has 15 heavy (non-hydrogen) atoms. The molecule has 0 aromatic heterocycles. The zero-order valence-electron chi connectivity index (χ0n) is 9.38. The Bertz CT molecular complexity index is 243. The molecule has 0 aromatic carbocycles. The Balaban J connectivity index is 2.53. The van der Waals surface area contributed by atoms with E-state index in [-0.39, 0.29) is 24.3 Å². The second-order valence-electron chi connectivity index (χ2n) is 3.92.